The summed E-state index contributed by atoms with van der Waals surface area (Å²) >= 11 is 0. The number of nitrogens with one attached hydrogen (secondary N) is 1. The minimum Gasteiger partial charge on any atom is -0.349 e. The topological polar surface area (TPSA) is 63.2 Å². The SMILES string of the molecule is CC[C@H](C)[C@H](CC(=O)Cc1ccc(C)cc1)C(=O)NCC(C)=O. The van der Waals surface area contributed by atoms with E-state index in [1.165, 1.54) is 6.92 Å². The molecule has 0 bridgehead atoms. The van der Waals surface area contributed by atoms with Gasteiger partial charge in [-0.3, -0.25) is 14.4 Å². The highest BCUT2D eigenvalue weighted by Crippen LogP contribution is 2.20. The van der Waals surface area contributed by atoms with Crippen molar-refractivity contribution < 1.29 is 14.4 Å². The Kier molecular flexibility index (Phi) is 7.66. The highest BCUT2D eigenvalue weighted by Gasteiger charge is 2.26. The van der Waals surface area contributed by atoms with Gasteiger partial charge in [0.05, 0.1) is 6.54 Å². The summed E-state index contributed by atoms with van der Waals surface area (Å²) in [6.07, 6.45) is 1.37. The molecule has 2 atom stereocenters. The van der Waals surface area contributed by atoms with E-state index < -0.39 is 0 Å². The fraction of sp³-hybridized carbons (Fsp3) is 0.526. The van der Waals surface area contributed by atoms with E-state index in [0.29, 0.717) is 6.42 Å². The third-order valence-corrected chi connectivity index (χ3v) is 4.15. The molecule has 126 valence electrons. The first-order chi connectivity index (χ1) is 10.8. The zero-order valence-corrected chi connectivity index (χ0v) is 14.5. The van der Waals surface area contributed by atoms with Crippen molar-refractivity contribution in [2.24, 2.45) is 11.8 Å². The number of carbonyl (C=O) groups excluding carboxylic acids is 3. The molecule has 0 saturated carbocycles. The molecule has 0 saturated heterocycles. The minimum atomic E-state index is -0.378. The van der Waals surface area contributed by atoms with Gasteiger partial charge in [0.1, 0.15) is 11.6 Å². The molecule has 1 rings (SSSR count). The molecule has 1 aromatic carbocycles. The predicted octanol–water partition coefficient (Wildman–Crippen LogP) is 2.86. The normalized spacial score (nSPS) is 13.2. The van der Waals surface area contributed by atoms with E-state index in [9.17, 15) is 14.4 Å². The Labute approximate surface area is 138 Å². The Morgan fingerprint density at radius 1 is 1.13 bits per heavy atom. The third kappa shape index (κ3) is 6.76. The Bertz CT molecular complexity index is 548. The molecule has 0 radical (unpaired) electrons. The summed E-state index contributed by atoms with van der Waals surface area (Å²) in [6.45, 7) is 7.43. The quantitative estimate of drug-likeness (QED) is 0.762. The van der Waals surface area contributed by atoms with Crippen molar-refractivity contribution in [3.05, 3.63) is 35.4 Å². The molecule has 0 aliphatic heterocycles. The second kappa shape index (κ2) is 9.23. The van der Waals surface area contributed by atoms with E-state index in [1.54, 1.807) is 0 Å². The van der Waals surface area contributed by atoms with Gasteiger partial charge in [-0.1, -0.05) is 50.1 Å². The number of hydrogen-bond donors (Lipinski definition) is 1. The van der Waals surface area contributed by atoms with Gasteiger partial charge in [-0.25, -0.2) is 0 Å². The van der Waals surface area contributed by atoms with Crippen molar-refractivity contribution in [2.75, 3.05) is 6.54 Å². The highest BCUT2D eigenvalue weighted by atomic mass is 16.2. The second-order valence-corrected chi connectivity index (χ2v) is 6.32. The fourth-order valence-electron chi connectivity index (χ4n) is 2.43. The number of benzene rings is 1. The van der Waals surface area contributed by atoms with E-state index in [-0.39, 0.29) is 42.3 Å². The number of aryl methyl sites for hydroxylation is 1. The van der Waals surface area contributed by atoms with E-state index in [0.717, 1.165) is 17.5 Å². The van der Waals surface area contributed by atoms with Crippen LogP contribution >= 0.6 is 0 Å². The van der Waals surface area contributed by atoms with Gasteiger partial charge >= 0.3 is 0 Å². The third-order valence-electron chi connectivity index (χ3n) is 4.15. The van der Waals surface area contributed by atoms with Gasteiger partial charge in [0.2, 0.25) is 5.91 Å². The summed E-state index contributed by atoms with van der Waals surface area (Å²) in [7, 11) is 0. The highest BCUT2D eigenvalue weighted by molar-refractivity contribution is 5.90. The van der Waals surface area contributed by atoms with E-state index in [2.05, 4.69) is 5.32 Å². The molecule has 0 spiro atoms. The van der Waals surface area contributed by atoms with Crippen LogP contribution in [0.25, 0.3) is 0 Å². The lowest BCUT2D eigenvalue weighted by Gasteiger charge is -2.21. The zero-order valence-electron chi connectivity index (χ0n) is 14.5. The van der Waals surface area contributed by atoms with Crippen LogP contribution in [0.4, 0.5) is 0 Å². The van der Waals surface area contributed by atoms with Gasteiger partial charge in [0.15, 0.2) is 0 Å². The second-order valence-electron chi connectivity index (χ2n) is 6.32. The molecule has 0 heterocycles. The van der Waals surface area contributed by atoms with Crippen LogP contribution in [0.3, 0.4) is 0 Å². The van der Waals surface area contributed by atoms with Gasteiger partial charge < -0.3 is 5.32 Å². The molecule has 0 aliphatic rings. The lowest BCUT2D eigenvalue weighted by molar-refractivity contribution is -0.132. The van der Waals surface area contributed by atoms with Crippen molar-refractivity contribution in [3.63, 3.8) is 0 Å². The van der Waals surface area contributed by atoms with Crippen LogP contribution in [0.15, 0.2) is 24.3 Å². The van der Waals surface area contributed by atoms with Gasteiger partial charge in [0.25, 0.3) is 0 Å². The monoisotopic (exact) mass is 317 g/mol. The molecule has 0 aromatic heterocycles. The van der Waals surface area contributed by atoms with E-state index in [1.807, 2.05) is 45.0 Å². The first-order valence-corrected chi connectivity index (χ1v) is 8.17. The molecule has 0 fully saturated rings. The molecule has 1 amide bonds. The van der Waals surface area contributed by atoms with Crippen molar-refractivity contribution in [2.45, 2.75) is 47.0 Å². The number of carbonyl (C=O) groups is 3. The molecule has 4 nitrogen and oxygen atoms in total. The molecule has 0 aliphatic carbocycles. The zero-order chi connectivity index (χ0) is 17.4. The molecule has 1 N–H and O–H groups in total. The van der Waals surface area contributed by atoms with Crippen molar-refractivity contribution in [1.29, 1.82) is 0 Å². The van der Waals surface area contributed by atoms with Crippen LogP contribution in [0.5, 0.6) is 0 Å². The Hall–Kier alpha value is -1.97. The molecular formula is C19H27NO3. The Morgan fingerprint density at radius 3 is 2.26 bits per heavy atom. The van der Waals surface area contributed by atoms with E-state index >= 15 is 0 Å². The smallest absolute Gasteiger partial charge is 0.224 e. The summed E-state index contributed by atoms with van der Waals surface area (Å²) in [5.41, 5.74) is 2.12. The van der Waals surface area contributed by atoms with Gasteiger partial charge in [0, 0.05) is 18.8 Å². The summed E-state index contributed by atoms with van der Waals surface area (Å²) in [6, 6.07) is 7.85. The maximum atomic E-state index is 12.3. The molecule has 0 unspecified atom stereocenters. The standard InChI is InChI=1S/C19H27NO3/c1-5-14(3)18(19(23)20-12-15(4)21)11-17(22)10-16-8-6-13(2)7-9-16/h6-9,14,18H,5,10-12H2,1-4H3,(H,20,23)/t14-,18-/m0/s1. The fourth-order valence-corrected chi connectivity index (χ4v) is 2.43. The van der Waals surface area contributed by atoms with Gasteiger partial charge in [-0.15, -0.1) is 0 Å². The van der Waals surface area contributed by atoms with Crippen LogP contribution in [0, 0.1) is 18.8 Å². The van der Waals surface area contributed by atoms with Crippen molar-refractivity contribution in [3.8, 4) is 0 Å². The molecule has 23 heavy (non-hydrogen) atoms. The maximum absolute atomic E-state index is 12.3. The van der Waals surface area contributed by atoms with Crippen LogP contribution in [0.1, 0.15) is 44.7 Å². The molecule has 4 heteroatoms. The van der Waals surface area contributed by atoms with Gasteiger partial charge in [-0.05, 0) is 25.3 Å². The molecular weight excluding hydrogens is 290 g/mol. The number of Topliss-reactive ketones (excluding diaryl/α,β-unsaturated/α-hetero) is 2. The summed E-state index contributed by atoms with van der Waals surface area (Å²) < 4.78 is 0. The number of ketones is 2. The lowest BCUT2D eigenvalue weighted by atomic mass is 9.85. The van der Waals surface area contributed by atoms with E-state index in [4.69, 9.17) is 0 Å². The van der Waals surface area contributed by atoms with Crippen LogP contribution in [-0.4, -0.2) is 24.0 Å². The average Bonchev–Trinajstić information content (AvgIpc) is 2.51. The van der Waals surface area contributed by atoms with Crippen LogP contribution in [-0.2, 0) is 20.8 Å². The largest absolute Gasteiger partial charge is 0.349 e. The molecule has 1 aromatic rings. The number of rotatable bonds is 9. The summed E-state index contributed by atoms with van der Waals surface area (Å²) in [5.74, 6) is -0.516. The lowest BCUT2D eigenvalue weighted by Crippen LogP contribution is -2.38. The van der Waals surface area contributed by atoms with Crippen molar-refractivity contribution in [1.82, 2.24) is 5.32 Å². The number of hydrogen-bond acceptors (Lipinski definition) is 3. The van der Waals surface area contributed by atoms with Gasteiger partial charge in [-0.2, -0.15) is 0 Å². The summed E-state index contributed by atoms with van der Waals surface area (Å²) in [5, 5.41) is 2.63. The van der Waals surface area contributed by atoms with Crippen molar-refractivity contribution >= 4 is 17.5 Å². The maximum Gasteiger partial charge on any atom is 0.224 e. The predicted molar refractivity (Wildman–Crippen MR) is 91.1 cm³/mol. The minimum absolute atomic E-state index is 0.0257. The number of amides is 1. The first kappa shape index (κ1) is 19.1. The van der Waals surface area contributed by atoms with Crippen LogP contribution < -0.4 is 5.32 Å². The Balaban J connectivity index is 2.68. The van der Waals surface area contributed by atoms with Crippen LogP contribution in [0.2, 0.25) is 0 Å². The Morgan fingerprint density at radius 2 is 1.74 bits per heavy atom. The summed E-state index contributed by atoms with van der Waals surface area (Å²) in [4.78, 5) is 35.6. The average molecular weight is 317 g/mol. The first-order valence-electron chi connectivity index (χ1n) is 8.17.